The molecule has 0 aromatic carbocycles. The number of rotatable bonds is 16. The van der Waals surface area contributed by atoms with Crippen LogP contribution in [0.5, 0.6) is 0 Å². The number of carbonyl (C=O) groups is 1. The normalized spacial score (nSPS) is 23.2. The molecule has 1 saturated heterocycles. The average Bonchev–Trinajstić information content (AvgIpc) is 3.39. The first-order valence-electron chi connectivity index (χ1n) is 11.3. The summed E-state index contributed by atoms with van der Waals surface area (Å²) in [5, 5.41) is 20.8. The molecule has 0 bridgehead atoms. The summed E-state index contributed by atoms with van der Waals surface area (Å²) in [6.07, 6.45) is -4.30. The smallest absolute Gasteiger partial charge is 0.387 e. The van der Waals surface area contributed by atoms with Crippen LogP contribution >= 0.6 is 19.6 Å². The first kappa shape index (κ1) is 30.6. The number of phosphoric acid groups is 1. The third-order valence-electron chi connectivity index (χ3n) is 5.04. The maximum Gasteiger partial charge on any atom is 0.474 e. The molecule has 1 unspecified atom stereocenters. The number of thioether (sulfide) groups is 1. The van der Waals surface area contributed by atoms with Gasteiger partial charge in [-0.2, -0.15) is 4.98 Å². The van der Waals surface area contributed by atoms with Gasteiger partial charge < -0.3 is 39.8 Å². The molecule has 17 nitrogen and oxygen atoms in total. The lowest BCUT2D eigenvalue weighted by Gasteiger charge is -2.17. The van der Waals surface area contributed by atoms with Crippen molar-refractivity contribution in [3.05, 3.63) is 16.7 Å². The summed E-state index contributed by atoms with van der Waals surface area (Å²) < 4.78 is 44.1. The van der Waals surface area contributed by atoms with Gasteiger partial charge in [0.15, 0.2) is 29.3 Å². The van der Waals surface area contributed by atoms with Crippen molar-refractivity contribution in [1.82, 2.24) is 19.5 Å². The van der Waals surface area contributed by atoms with Crippen LogP contribution in [-0.2, 0) is 37.4 Å². The Morgan fingerprint density at radius 3 is 2.58 bits per heavy atom. The highest BCUT2D eigenvalue weighted by atomic mass is 32.2. The minimum atomic E-state index is -4.59. The molecule has 1 aliphatic heterocycles. The van der Waals surface area contributed by atoms with E-state index in [2.05, 4.69) is 15.0 Å². The SMILES string of the molecule is CC(=O)SCCOCCOCCOCOP(=O)(O)OC[C@H]1O[C@@H](n2cnc3c(=O)[nH]c(N)nc32)[C@H](O)[C@@H]1O. The number of nitrogens with one attached hydrogen (secondary N) is 1. The Balaban J connectivity index is 1.34. The maximum atomic E-state index is 12.1. The zero-order valence-electron chi connectivity index (χ0n) is 20.3. The molecule has 0 saturated carbocycles. The van der Waals surface area contributed by atoms with Crippen LogP contribution in [0.1, 0.15) is 13.2 Å². The Labute approximate surface area is 220 Å². The fourth-order valence-corrected chi connectivity index (χ4v) is 4.38. The van der Waals surface area contributed by atoms with Gasteiger partial charge in [-0.3, -0.25) is 28.2 Å². The first-order chi connectivity index (χ1) is 18.1. The lowest BCUT2D eigenvalue weighted by Crippen LogP contribution is -2.33. The van der Waals surface area contributed by atoms with Crippen LogP contribution in [0.15, 0.2) is 11.1 Å². The number of aromatic amines is 1. The standard InChI is InChI=1S/C19H30N5O12PS/c1-11(25)38-7-6-32-3-2-31-4-5-33-10-35-37(29,30)34-8-12-14(26)15(27)18(36-12)24-9-21-13-16(24)22-19(20)23-17(13)28/h9,12,14-15,18,26-27H,2-8,10H2,1H3,(H,29,30)(H3,20,22,23,28)/t12-,14-,15-,18-/m1/s1. The quantitative estimate of drug-likeness (QED) is 0.0880. The number of anilines is 1. The first-order valence-corrected chi connectivity index (χ1v) is 13.8. The van der Waals surface area contributed by atoms with Crippen LogP contribution in [0, 0.1) is 0 Å². The molecule has 19 heteroatoms. The van der Waals surface area contributed by atoms with Gasteiger partial charge in [-0.1, -0.05) is 11.8 Å². The van der Waals surface area contributed by atoms with Crippen molar-refractivity contribution in [2.45, 2.75) is 31.5 Å². The highest BCUT2D eigenvalue weighted by Gasteiger charge is 2.45. The third kappa shape index (κ3) is 8.78. The third-order valence-corrected chi connectivity index (χ3v) is 6.72. The number of aliphatic hydroxyl groups is 2. The van der Waals surface area contributed by atoms with Gasteiger partial charge in [-0.05, 0) is 0 Å². The van der Waals surface area contributed by atoms with Crippen LogP contribution in [0.2, 0.25) is 0 Å². The predicted molar refractivity (Wildman–Crippen MR) is 131 cm³/mol. The second-order valence-corrected chi connectivity index (χ2v) is 10.5. The number of ether oxygens (including phenoxy) is 4. The van der Waals surface area contributed by atoms with E-state index in [9.17, 15) is 29.3 Å². The van der Waals surface area contributed by atoms with Crippen molar-refractivity contribution in [2.75, 3.05) is 57.9 Å². The molecule has 5 atom stereocenters. The predicted octanol–water partition coefficient (Wildman–Crippen LogP) is -1.26. The summed E-state index contributed by atoms with van der Waals surface area (Å²) in [7, 11) is -4.59. The molecule has 2 aromatic rings. The van der Waals surface area contributed by atoms with Crippen molar-refractivity contribution in [3.8, 4) is 0 Å². The summed E-state index contributed by atoms with van der Waals surface area (Å²) in [6.45, 7) is 1.64. The van der Waals surface area contributed by atoms with E-state index in [-0.39, 0.29) is 35.4 Å². The summed E-state index contributed by atoms with van der Waals surface area (Å²) in [5.74, 6) is 0.387. The zero-order valence-corrected chi connectivity index (χ0v) is 22.0. The molecule has 38 heavy (non-hydrogen) atoms. The monoisotopic (exact) mass is 583 g/mol. The fourth-order valence-electron chi connectivity index (χ4n) is 3.28. The Kier molecular flexibility index (Phi) is 11.6. The lowest BCUT2D eigenvalue weighted by atomic mass is 10.1. The highest BCUT2D eigenvalue weighted by Crippen LogP contribution is 2.44. The molecule has 6 N–H and O–H groups in total. The molecule has 0 amide bonds. The number of hydrogen-bond acceptors (Lipinski definition) is 15. The minimum Gasteiger partial charge on any atom is -0.387 e. The van der Waals surface area contributed by atoms with E-state index in [4.69, 9.17) is 33.7 Å². The summed E-state index contributed by atoms with van der Waals surface area (Å²) in [4.78, 5) is 42.7. The fraction of sp³-hybridized carbons (Fsp3) is 0.684. The topological polar surface area (TPSA) is 240 Å². The van der Waals surface area contributed by atoms with E-state index in [1.54, 1.807) is 0 Å². The van der Waals surface area contributed by atoms with Crippen LogP contribution < -0.4 is 11.3 Å². The Morgan fingerprint density at radius 1 is 1.18 bits per heavy atom. The van der Waals surface area contributed by atoms with E-state index in [0.29, 0.717) is 25.6 Å². The van der Waals surface area contributed by atoms with Gasteiger partial charge in [0.25, 0.3) is 5.56 Å². The highest BCUT2D eigenvalue weighted by molar-refractivity contribution is 8.13. The number of hydrogen-bond donors (Lipinski definition) is 5. The van der Waals surface area contributed by atoms with Crippen molar-refractivity contribution >= 4 is 41.8 Å². The Hall–Kier alpha value is -1.96. The molecule has 0 aliphatic carbocycles. The summed E-state index contributed by atoms with van der Waals surface area (Å²) >= 11 is 1.18. The van der Waals surface area contributed by atoms with E-state index < -0.39 is 51.3 Å². The van der Waals surface area contributed by atoms with Crippen molar-refractivity contribution in [2.24, 2.45) is 0 Å². The number of nitrogens with zero attached hydrogens (tertiary/aromatic N) is 3. The van der Waals surface area contributed by atoms with Gasteiger partial charge in [0.1, 0.15) is 18.3 Å². The van der Waals surface area contributed by atoms with E-state index in [0.717, 1.165) is 0 Å². The zero-order chi connectivity index (χ0) is 27.7. The molecule has 1 fully saturated rings. The second-order valence-electron chi connectivity index (χ2n) is 7.81. The number of phosphoric ester groups is 1. The molecule has 214 valence electrons. The molecule has 2 aromatic heterocycles. The van der Waals surface area contributed by atoms with Gasteiger partial charge in [0.05, 0.1) is 46.0 Å². The Morgan fingerprint density at radius 2 is 1.87 bits per heavy atom. The maximum absolute atomic E-state index is 12.1. The molecule has 3 rings (SSSR count). The van der Waals surface area contributed by atoms with E-state index in [1.807, 2.05) is 0 Å². The van der Waals surface area contributed by atoms with E-state index in [1.165, 1.54) is 29.6 Å². The number of imidazole rings is 1. The molecule has 0 radical (unpaired) electrons. The van der Waals surface area contributed by atoms with Crippen LogP contribution in [-0.4, -0.2) is 110 Å². The van der Waals surface area contributed by atoms with Crippen LogP contribution in [0.4, 0.5) is 5.95 Å². The number of aliphatic hydroxyl groups excluding tert-OH is 2. The van der Waals surface area contributed by atoms with E-state index >= 15 is 0 Å². The summed E-state index contributed by atoms with van der Waals surface area (Å²) in [6, 6.07) is 0. The number of carbonyl (C=O) groups excluding carboxylic acids is 1. The molecular weight excluding hydrogens is 553 g/mol. The van der Waals surface area contributed by atoms with Gasteiger partial charge in [0.2, 0.25) is 5.95 Å². The second kappa shape index (κ2) is 14.4. The van der Waals surface area contributed by atoms with Crippen molar-refractivity contribution in [3.63, 3.8) is 0 Å². The molecule has 1 aliphatic rings. The van der Waals surface area contributed by atoms with Crippen LogP contribution in [0.25, 0.3) is 11.2 Å². The van der Waals surface area contributed by atoms with Crippen molar-refractivity contribution < 1.29 is 52.5 Å². The Bertz CT molecular complexity index is 1160. The largest absolute Gasteiger partial charge is 0.474 e. The van der Waals surface area contributed by atoms with Gasteiger partial charge in [-0.15, -0.1) is 0 Å². The molecular formula is C19H30N5O12PS. The average molecular weight is 584 g/mol. The molecule has 0 spiro atoms. The van der Waals surface area contributed by atoms with Gasteiger partial charge >= 0.3 is 7.82 Å². The number of aromatic nitrogens is 4. The van der Waals surface area contributed by atoms with Crippen LogP contribution in [0.3, 0.4) is 0 Å². The van der Waals surface area contributed by atoms with Gasteiger partial charge in [-0.25, -0.2) is 9.55 Å². The molecule has 3 heterocycles. The lowest BCUT2D eigenvalue weighted by molar-refractivity contribution is -0.109. The van der Waals surface area contributed by atoms with Crippen molar-refractivity contribution in [1.29, 1.82) is 0 Å². The number of fused-ring (bicyclic) bond motifs is 1. The summed E-state index contributed by atoms with van der Waals surface area (Å²) in [5.41, 5.74) is 4.91. The van der Waals surface area contributed by atoms with Gasteiger partial charge in [0, 0.05) is 12.7 Å². The minimum absolute atomic E-state index is 0.0117. The number of nitrogens with two attached hydrogens (primary N) is 1. The number of H-pyrrole nitrogens is 1. The number of nitrogen functional groups attached to an aromatic ring is 1.